The van der Waals surface area contributed by atoms with E-state index in [0.29, 0.717) is 18.6 Å². The smallest absolute Gasteiger partial charge is 0.328 e. The number of aliphatic carboxylic acids is 2. The van der Waals surface area contributed by atoms with Crippen LogP contribution in [0.5, 0.6) is 0 Å². The second-order valence-corrected chi connectivity index (χ2v) is 6.90. The van der Waals surface area contributed by atoms with Crippen LogP contribution in [-0.4, -0.2) is 39.8 Å². The summed E-state index contributed by atoms with van der Waals surface area (Å²) in [5, 5.41) is 39.9. The summed E-state index contributed by atoms with van der Waals surface area (Å²) < 4.78 is 5.45. The van der Waals surface area contributed by atoms with Gasteiger partial charge in [0.1, 0.15) is 23.7 Å². The summed E-state index contributed by atoms with van der Waals surface area (Å²) in [5.41, 5.74) is 1.79. The van der Waals surface area contributed by atoms with Crippen molar-refractivity contribution in [3.63, 3.8) is 0 Å². The molecule has 0 saturated heterocycles. The number of nitrogens with two attached hydrogens (primary N) is 1. The molecule has 2 rings (SSSR count). The Morgan fingerprint density at radius 1 is 1.17 bits per heavy atom. The van der Waals surface area contributed by atoms with Crippen LogP contribution in [0.4, 0.5) is 0 Å². The van der Waals surface area contributed by atoms with E-state index in [-0.39, 0.29) is 6.04 Å². The number of aliphatic hydroxyl groups excluding tert-OH is 2. The zero-order chi connectivity index (χ0) is 22.7. The molecule has 3 atom stereocenters. The van der Waals surface area contributed by atoms with Crippen molar-refractivity contribution in [3.05, 3.63) is 71.2 Å². The van der Waals surface area contributed by atoms with Crippen LogP contribution in [0.25, 0.3) is 0 Å². The molecule has 1 aromatic heterocycles. The van der Waals surface area contributed by atoms with Gasteiger partial charge in [-0.25, -0.2) is 4.79 Å². The van der Waals surface area contributed by atoms with E-state index in [0.717, 1.165) is 29.2 Å². The molecule has 8 nitrogen and oxygen atoms in total. The number of carbonyl (C=O) groups excluding carboxylic acids is 1. The summed E-state index contributed by atoms with van der Waals surface area (Å²) in [6.07, 6.45) is 0.551. The van der Waals surface area contributed by atoms with Crippen LogP contribution in [0.2, 0.25) is 0 Å². The maximum atomic E-state index is 10.3. The molecule has 164 valence electrons. The fourth-order valence-corrected chi connectivity index (χ4v) is 2.88. The molecule has 0 aliphatic rings. The maximum Gasteiger partial charge on any atom is 0.328 e. The number of furan rings is 1. The molecule has 0 spiro atoms. The quantitative estimate of drug-likeness (QED) is 0.430. The molecule has 0 aliphatic carbocycles. The molecule has 0 radical (unpaired) electrons. The lowest BCUT2D eigenvalue weighted by molar-refractivity contribution is -0.695. The molecule has 1 heterocycles. The van der Waals surface area contributed by atoms with Gasteiger partial charge in [0.15, 0.2) is 0 Å². The molecule has 0 aliphatic heterocycles. The molecular formula is C22H29NO7. The highest BCUT2D eigenvalue weighted by Crippen LogP contribution is 2.23. The summed E-state index contributed by atoms with van der Waals surface area (Å²) in [4.78, 5) is 19.0. The van der Waals surface area contributed by atoms with E-state index in [9.17, 15) is 24.9 Å². The molecule has 0 amide bonds. The largest absolute Gasteiger partial charge is 0.545 e. The maximum absolute atomic E-state index is 10.3. The normalized spacial score (nSPS) is 13.9. The number of carbonyl (C=O) groups is 2. The zero-order valence-electron chi connectivity index (χ0n) is 17.3. The van der Waals surface area contributed by atoms with Gasteiger partial charge in [-0.2, -0.15) is 0 Å². The van der Waals surface area contributed by atoms with Crippen LogP contribution < -0.4 is 10.4 Å². The SMILES string of the molecule is Cc1cc(C(O)CC[NH2+]C(C)C(O)c2ccccc2)c(C)o1.O=C([O-])/C=C/C(=O)O. The third-order valence-electron chi connectivity index (χ3n) is 4.42. The number of aryl methyl sites for hydroxylation is 2. The third kappa shape index (κ3) is 9.04. The minimum atomic E-state index is -1.51. The van der Waals surface area contributed by atoms with Gasteiger partial charge in [-0.3, -0.25) is 0 Å². The molecule has 0 fully saturated rings. The molecule has 0 saturated carbocycles. The van der Waals surface area contributed by atoms with Crippen molar-refractivity contribution in [2.45, 2.75) is 45.4 Å². The predicted octanol–water partition coefficient (Wildman–Crippen LogP) is 0.383. The van der Waals surface area contributed by atoms with Gasteiger partial charge in [0, 0.05) is 18.1 Å². The lowest BCUT2D eigenvalue weighted by Crippen LogP contribution is -2.90. The fourth-order valence-electron chi connectivity index (χ4n) is 2.88. The monoisotopic (exact) mass is 419 g/mol. The molecular weight excluding hydrogens is 390 g/mol. The first-order chi connectivity index (χ1) is 14.1. The lowest BCUT2D eigenvalue weighted by Gasteiger charge is -2.18. The minimum absolute atomic E-state index is 0.0433. The Kier molecular flexibility index (Phi) is 10.5. The number of carboxylic acids is 2. The van der Waals surface area contributed by atoms with E-state index in [4.69, 9.17) is 9.52 Å². The summed E-state index contributed by atoms with van der Waals surface area (Å²) in [5.74, 6) is -1.20. The number of hydrogen-bond donors (Lipinski definition) is 4. The van der Waals surface area contributed by atoms with E-state index in [1.54, 1.807) is 0 Å². The topological polar surface area (TPSA) is 148 Å². The molecule has 30 heavy (non-hydrogen) atoms. The predicted molar refractivity (Wildman–Crippen MR) is 107 cm³/mol. The standard InChI is InChI=1S/C18H25NO3.C4H4O4/c1-12-11-16(14(3)22-12)17(20)9-10-19-13(2)18(21)15-7-5-4-6-8-15;5-3(6)1-2-4(7)8/h4-8,11,13,17-21H,9-10H2,1-3H3;1-2H,(H,5,6)(H,7,8)/b;2-1+. The number of quaternary nitrogens is 1. The second-order valence-electron chi connectivity index (χ2n) is 6.90. The average Bonchev–Trinajstić information content (AvgIpc) is 3.05. The van der Waals surface area contributed by atoms with E-state index >= 15 is 0 Å². The molecule has 1 aromatic carbocycles. The third-order valence-corrected chi connectivity index (χ3v) is 4.42. The van der Waals surface area contributed by atoms with Crippen molar-refractivity contribution in [1.29, 1.82) is 0 Å². The Morgan fingerprint density at radius 2 is 1.80 bits per heavy atom. The van der Waals surface area contributed by atoms with Gasteiger partial charge >= 0.3 is 5.97 Å². The van der Waals surface area contributed by atoms with Gasteiger partial charge in [-0.1, -0.05) is 30.3 Å². The highest BCUT2D eigenvalue weighted by atomic mass is 16.4. The number of benzene rings is 1. The van der Waals surface area contributed by atoms with Crippen molar-refractivity contribution >= 4 is 11.9 Å². The van der Waals surface area contributed by atoms with Crippen molar-refractivity contribution in [3.8, 4) is 0 Å². The van der Waals surface area contributed by atoms with Crippen LogP contribution in [0, 0.1) is 13.8 Å². The van der Waals surface area contributed by atoms with Crippen LogP contribution in [-0.2, 0) is 9.59 Å². The molecule has 5 N–H and O–H groups in total. The number of aliphatic hydroxyl groups is 2. The Bertz CT molecular complexity index is 813. The van der Waals surface area contributed by atoms with Crippen molar-refractivity contribution in [2.24, 2.45) is 0 Å². The van der Waals surface area contributed by atoms with Gasteiger partial charge in [0.25, 0.3) is 0 Å². The van der Waals surface area contributed by atoms with E-state index in [2.05, 4.69) is 5.32 Å². The highest BCUT2D eigenvalue weighted by Gasteiger charge is 2.20. The number of hydrogen-bond acceptors (Lipinski definition) is 6. The molecule has 8 heteroatoms. The van der Waals surface area contributed by atoms with Crippen LogP contribution in [0.1, 0.15) is 48.2 Å². The minimum Gasteiger partial charge on any atom is -0.545 e. The van der Waals surface area contributed by atoms with Gasteiger partial charge < -0.3 is 35.0 Å². The first kappa shape index (κ1) is 25.1. The van der Waals surface area contributed by atoms with E-state index in [1.165, 1.54) is 0 Å². The molecule has 3 unspecified atom stereocenters. The Morgan fingerprint density at radius 3 is 2.27 bits per heavy atom. The van der Waals surface area contributed by atoms with Crippen LogP contribution in [0.15, 0.2) is 53.0 Å². The number of carboxylic acid groups (broad SMARTS) is 2. The first-order valence-corrected chi connectivity index (χ1v) is 9.55. The van der Waals surface area contributed by atoms with Gasteiger partial charge in [0.2, 0.25) is 0 Å². The fraction of sp³-hybridized carbons (Fsp3) is 0.364. The van der Waals surface area contributed by atoms with Gasteiger partial charge in [0.05, 0.1) is 18.6 Å². The first-order valence-electron chi connectivity index (χ1n) is 9.55. The summed E-state index contributed by atoms with van der Waals surface area (Å²) in [7, 11) is 0. The Balaban J connectivity index is 0.000000479. The van der Waals surface area contributed by atoms with Crippen LogP contribution >= 0.6 is 0 Å². The average molecular weight is 419 g/mol. The zero-order valence-corrected chi connectivity index (χ0v) is 17.3. The van der Waals surface area contributed by atoms with Crippen molar-refractivity contribution < 1.29 is 39.7 Å². The number of rotatable bonds is 9. The highest BCUT2D eigenvalue weighted by molar-refractivity contribution is 5.88. The van der Waals surface area contributed by atoms with E-state index in [1.807, 2.05) is 57.2 Å². The summed E-state index contributed by atoms with van der Waals surface area (Å²) in [6.45, 7) is 6.50. The van der Waals surface area contributed by atoms with Gasteiger partial charge in [-0.15, -0.1) is 0 Å². The molecule has 2 aromatic rings. The summed E-state index contributed by atoms with van der Waals surface area (Å²) >= 11 is 0. The second kappa shape index (κ2) is 12.6. The summed E-state index contributed by atoms with van der Waals surface area (Å²) in [6, 6.07) is 11.6. The van der Waals surface area contributed by atoms with Crippen molar-refractivity contribution in [2.75, 3.05) is 6.54 Å². The van der Waals surface area contributed by atoms with E-state index < -0.39 is 24.1 Å². The van der Waals surface area contributed by atoms with Crippen molar-refractivity contribution in [1.82, 2.24) is 0 Å². The van der Waals surface area contributed by atoms with Gasteiger partial charge in [-0.05, 0) is 38.5 Å². The Hall–Kier alpha value is -2.94. The molecule has 0 bridgehead atoms. The lowest BCUT2D eigenvalue weighted by atomic mass is 10.0. The Labute approximate surface area is 175 Å². The van der Waals surface area contributed by atoms with Crippen LogP contribution in [0.3, 0.4) is 0 Å².